The molecule has 1 aromatic heterocycles. The zero-order chi connectivity index (χ0) is 15.4. The molecule has 2 aromatic carbocycles. The predicted molar refractivity (Wildman–Crippen MR) is 92.6 cm³/mol. The van der Waals surface area contributed by atoms with Crippen molar-refractivity contribution in [1.82, 2.24) is 9.55 Å². The van der Waals surface area contributed by atoms with Crippen molar-refractivity contribution in [3.05, 3.63) is 87.9 Å². The minimum absolute atomic E-state index is 0.583. The Morgan fingerprint density at radius 1 is 1.00 bits per heavy atom. The first-order valence-corrected chi connectivity index (χ1v) is 8.06. The summed E-state index contributed by atoms with van der Waals surface area (Å²) >= 11 is 3.51. The Bertz CT molecular complexity index is 747. The summed E-state index contributed by atoms with van der Waals surface area (Å²) in [6.07, 6.45) is 4.72. The number of benzene rings is 2. The molecule has 0 saturated heterocycles. The van der Waals surface area contributed by atoms with E-state index >= 15 is 0 Å². The van der Waals surface area contributed by atoms with E-state index in [1.165, 1.54) is 11.1 Å². The van der Waals surface area contributed by atoms with Crippen LogP contribution in [-0.2, 0) is 19.5 Å². The summed E-state index contributed by atoms with van der Waals surface area (Å²) in [6, 6.07) is 16.8. The molecule has 0 atom stereocenters. The van der Waals surface area contributed by atoms with Crippen molar-refractivity contribution in [3.8, 4) is 0 Å². The summed E-state index contributed by atoms with van der Waals surface area (Å²) in [6.45, 7) is 1.41. The van der Waals surface area contributed by atoms with E-state index in [-0.39, 0.29) is 0 Å². The van der Waals surface area contributed by atoms with Crippen LogP contribution in [0.5, 0.6) is 0 Å². The molecule has 0 spiro atoms. The Balaban J connectivity index is 1.76. The Morgan fingerprint density at radius 3 is 2.50 bits per heavy atom. The zero-order valence-electron chi connectivity index (χ0n) is 12.2. The molecule has 4 heteroatoms. The van der Waals surface area contributed by atoms with Crippen molar-refractivity contribution >= 4 is 15.9 Å². The van der Waals surface area contributed by atoms with Gasteiger partial charge in [-0.05, 0) is 28.8 Å². The number of nitrogens with two attached hydrogens (primary N) is 1. The van der Waals surface area contributed by atoms with Crippen molar-refractivity contribution in [1.29, 1.82) is 0 Å². The predicted octanol–water partition coefficient (Wildman–Crippen LogP) is 3.74. The van der Waals surface area contributed by atoms with Gasteiger partial charge in [0.05, 0.1) is 0 Å². The van der Waals surface area contributed by atoms with Gasteiger partial charge in [0.1, 0.15) is 5.82 Å². The minimum Gasteiger partial charge on any atom is -0.330 e. The molecular weight excluding hydrogens is 338 g/mol. The second kappa shape index (κ2) is 6.90. The van der Waals surface area contributed by atoms with Crippen LogP contribution < -0.4 is 5.73 Å². The molecule has 3 aromatic rings. The lowest BCUT2D eigenvalue weighted by Gasteiger charge is -2.09. The molecule has 0 amide bonds. The third-order valence-electron chi connectivity index (χ3n) is 3.66. The molecule has 0 aliphatic heterocycles. The van der Waals surface area contributed by atoms with Gasteiger partial charge in [-0.15, -0.1) is 0 Å². The first kappa shape index (κ1) is 15.0. The zero-order valence-corrected chi connectivity index (χ0v) is 13.8. The highest BCUT2D eigenvalue weighted by Crippen LogP contribution is 2.15. The van der Waals surface area contributed by atoms with E-state index in [0.29, 0.717) is 6.54 Å². The van der Waals surface area contributed by atoms with Crippen molar-refractivity contribution in [2.24, 2.45) is 5.73 Å². The van der Waals surface area contributed by atoms with Crippen LogP contribution in [0.1, 0.15) is 22.5 Å². The molecule has 3 rings (SSSR count). The Morgan fingerprint density at radius 2 is 1.77 bits per heavy atom. The molecule has 22 heavy (non-hydrogen) atoms. The van der Waals surface area contributed by atoms with Crippen LogP contribution in [0.2, 0.25) is 0 Å². The number of hydrogen-bond acceptors (Lipinski definition) is 2. The number of halogens is 1. The average molecular weight is 356 g/mol. The fourth-order valence-corrected chi connectivity index (χ4v) is 2.90. The highest BCUT2D eigenvalue weighted by molar-refractivity contribution is 9.10. The van der Waals surface area contributed by atoms with Gasteiger partial charge >= 0.3 is 0 Å². The van der Waals surface area contributed by atoms with Crippen molar-refractivity contribution < 1.29 is 0 Å². The van der Waals surface area contributed by atoms with Crippen LogP contribution in [0.15, 0.2) is 65.4 Å². The molecule has 0 bridgehead atoms. The molecule has 0 saturated carbocycles. The van der Waals surface area contributed by atoms with Gasteiger partial charge in [0.2, 0.25) is 0 Å². The smallest absolute Gasteiger partial charge is 0.113 e. The topological polar surface area (TPSA) is 43.8 Å². The Hall–Kier alpha value is -1.91. The molecule has 0 unspecified atom stereocenters. The second-order valence-corrected chi connectivity index (χ2v) is 6.21. The fourth-order valence-electron chi connectivity index (χ4n) is 2.46. The maximum Gasteiger partial charge on any atom is 0.113 e. The van der Waals surface area contributed by atoms with E-state index in [9.17, 15) is 0 Å². The monoisotopic (exact) mass is 355 g/mol. The second-order valence-electron chi connectivity index (χ2n) is 5.30. The van der Waals surface area contributed by atoms with E-state index in [2.05, 4.69) is 67.9 Å². The van der Waals surface area contributed by atoms with E-state index in [0.717, 1.165) is 28.8 Å². The van der Waals surface area contributed by atoms with Gasteiger partial charge in [-0.25, -0.2) is 4.98 Å². The van der Waals surface area contributed by atoms with E-state index in [1.54, 1.807) is 0 Å². The Labute approximate surface area is 138 Å². The van der Waals surface area contributed by atoms with Gasteiger partial charge in [-0.1, -0.05) is 52.3 Å². The molecule has 0 aliphatic rings. The number of nitrogens with zero attached hydrogens (tertiary/aromatic N) is 2. The maximum atomic E-state index is 5.64. The SMILES string of the molecule is NCc1ccc(Cn2ccnc2Cc2cccc(Br)c2)cc1. The molecular formula is C18H18BrN3. The standard InChI is InChI=1S/C18H18BrN3/c19-17-3-1-2-16(10-17)11-18-21-8-9-22(18)13-15-6-4-14(12-20)5-7-15/h1-10H,11-13,20H2. The maximum absolute atomic E-state index is 5.64. The van der Waals surface area contributed by atoms with Crippen LogP contribution in [0.25, 0.3) is 0 Å². The summed E-state index contributed by atoms with van der Waals surface area (Å²) < 4.78 is 3.29. The van der Waals surface area contributed by atoms with Crippen LogP contribution >= 0.6 is 15.9 Å². The normalized spacial score (nSPS) is 10.8. The van der Waals surface area contributed by atoms with Crippen LogP contribution in [-0.4, -0.2) is 9.55 Å². The van der Waals surface area contributed by atoms with Crippen molar-refractivity contribution in [2.75, 3.05) is 0 Å². The molecule has 0 aliphatic carbocycles. The molecule has 2 N–H and O–H groups in total. The van der Waals surface area contributed by atoms with Gasteiger partial charge in [0.15, 0.2) is 0 Å². The molecule has 0 radical (unpaired) electrons. The number of hydrogen-bond donors (Lipinski definition) is 1. The molecule has 112 valence electrons. The molecule has 0 fully saturated rings. The summed E-state index contributed by atoms with van der Waals surface area (Å²) in [7, 11) is 0. The van der Waals surface area contributed by atoms with Gasteiger partial charge in [-0.2, -0.15) is 0 Å². The lowest BCUT2D eigenvalue weighted by Crippen LogP contribution is -2.05. The third kappa shape index (κ3) is 3.64. The first-order chi connectivity index (χ1) is 10.7. The van der Waals surface area contributed by atoms with Gasteiger partial charge in [0, 0.05) is 36.4 Å². The van der Waals surface area contributed by atoms with Gasteiger partial charge in [0.25, 0.3) is 0 Å². The average Bonchev–Trinajstić information content (AvgIpc) is 2.95. The summed E-state index contributed by atoms with van der Waals surface area (Å²) in [5, 5.41) is 0. The van der Waals surface area contributed by atoms with Crippen LogP contribution in [0.4, 0.5) is 0 Å². The number of imidazole rings is 1. The van der Waals surface area contributed by atoms with E-state index in [4.69, 9.17) is 5.73 Å². The fraction of sp³-hybridized carbons (Fsp3) is 0.167. The summed E-state index contributed by atoms with van der Waals surface area (Å²) in [5.41, 5.74) is 9.30. The minimum atomic E-state index is 0.583. The summed E-state index contributed by atoms with van der Waals surface area (Å²) in [4.78, 5) is 4.50. The molecule has 1 heterocycles. The highest BCUT2D eigenvalue weighted by Gasteiger charge is 2.05. The Kier molecular flexibility index (Phi) is 4.71. The van der Waals surface area contributed by atoms with Crippen molar-refractivity contribution in [2.45, 2.75) is 19.5 Å². The molecule has 3 nitrogen and oxygen atoms in total. The first-order valence-electron chi connectivity index (χ1n) is 7.27. The lowest BCUT2D eigenvalue weighted by atomic mass is 10.1. The van der Waals surface area contributed by atoms with Crippen LogP contribution in [0, 0.1) is 0 Å². The van der Waals surface area contributed by atoms with E-state index in [1.807, 2.05) is 18.5 Å². The lowest BCUT2D eigenvalue weighted by molar-refractivity contribution is 0.740. The van der Waals surface area contributed by atoms with Crippen LogP contribution in [0.3, 0.4) is 0 Å². The van der Waals surface area contributed by atoms with E-state index < -0.39 is 0 Å². The highest BCUT2D eigenvalue weighted by atomic mass is 79.9. The number of aromatic nitrogens is 2. The third-order valence-corrected chi connectivity index (χ3v) is 4.16. The van der Waals surface area contributed by atoms with Gasteiger partial charge < -0.3 is 10.3 Å². The quantitative estimate of drug-likeness (QED) is 0.757. The van der Waals surface area contributed by atoms with Gasteiger partial charge in [-0.3, -0.25) is 0 Å². The summed E-state index contributed by atoms with van der Waals surface area (Å²) in [5.74, 6) is 1.07. The number of rotatable bonds is 5. The van der Waals surface area contributed by atoms with Crippen molar-refractivity contribution in [3.63, 3.8) is 0 Å². The largest absolute Gasteiger partial charge is 0.330 e.